The fraction of sp³-hybridized carbons (Fsp3) is 0.333. The van der Waals surface area contributed by atoms with Crippen LogP contribution in [0.2, 0.25) is 0 Å². The molecule has 0 fully saturated rings. The molecule has 0 aromatic carbocycles. The van der Waals surface area contributed by atoms with Gasteiger partial charge in [0.25, 0.3) is 0 Å². The van der Waals surface area contributed by atoms with Gasteiger partial charge in [-0.2, -0.15) is 0 Å². The number of halogens is 1. The average molecular weight is 278 g/mol. The van der Waals surface area contributed by atoms with E-state index >= 15 is 0 Å². The van der Waals surface area contributed by atoms with Gasteiger partial charge in [0.05, 0.1) is 0 Å². The summed E-state index contributed by atoms with van der Waals surface area (Å²) >= 11 is 2.10. The highest BCUT2D eigenvalue weighted by Gasteiger charge is 2.11. The van der Waals surface area contributed by atoms with Gasteiger partial charge in [0.15, 0.2) is 0 Å². The predicted octanol–water partition coefficient (Wildman–Crippen LogP) is 2.96. The third-order valence-electron chi connectivity index (χ3n) is 1.50. The average Bonchev–Trinajstić information content (AvgIpc) is 2.34. The molecule has 12 heavy (non-hydrogen) atoms. The van der Waals surface area contributed by atoms with Gasteiger partial charge < -0.3 is 9.52 Å². The van der Waals surface area contributed by atoms with Crippen LogP contribution in [0.5, 0.6) is 0 Å². The normalized spacial score (nSPS) is 12.9. The van der Waals surface area contributed by atoms with Gasteiger partial charge in [-0.3, -0.25) is 0 Å². The van der Waals surface area contributed by atoms with E-state index in [0.29, 0.717) is 12.2 Å². The summed E-state index contributed by atoms with van der Waals surface area (Å²) < 4.78 is 6.18. The molecule has 0 amide bonds. The standard InChI is InChI=1S/C9H11IO2/c1-6(10)5-8(11)9-4-3-7(2)12-9/h3-4,8,11H,1,5H2,2H3. The fourth-order valence-corrected chi connectivity index (χ4v) is 1.36. The second-order valence-corrected chi connectivity index (χ2v) is 4.21. The first-order chi connectivity index (χ1) is 5.59. The highest BCUT2D eigenvalue weighted by molar-refractivity contribution is 14.1. The summed E-state index contributed by atoms with van der Waals surface area (Å²) in [5, 5.41) is 9.54. The third-order valence-corrected chi connectivity index (χ3v) is 1.94. The fourth-order valence-electron chi connectivity index (χ4n) is 0.943. The minimum Gasteiger partial charge on any atom is -0.464 e. The first-order valence-electron chi connectivity index (χ1n) is 3.67. The second-order valence-electron chi connectivity index (χ2n) is 2.69. The highest BCUT2D eigenvalue weighted by atomic mass is 127. The van der Waals surface area contributed by atoms with E-state index in [1.807, 2.05) is 13.0 Å². The number of hydrogen-bond acceptors (Lipinski definition) is 2. The maximum absolute atomic E-state index is 9.54. The lowest BCUT2D eigenvalue weighted by atomic mass is 10.2. The van der Waals surface area contributed by atoms with Crippen LogP contribution in [0.4, 0.5) is 0 Å². The maximum atomic E-state index is 9.54. The molecule has 1 aromatic rings. The first kappa shape index (κ1) is 9.80. The molecule has 1 atom stereocenters. The van der Waals surface area contributed by atoms with Crippen molar-refractivity contribution in [3.05, 3.63) is 33.8 Å². The Hall–Kier alpha value is -0.290. The Bertz CT molecular complexity index is 278. The topological polar surface area (TPSA) is 33.4 Å². The lowest BCUT2D eigenvalue weighted by Crippen LogP contribution is -1.94. The highest BCUT2D eigenvalue weighted by Crippen LogP contribution is 2.24. The number of furan rings is 1. The summed E-state index contributed by atoms with van der Waals surface area (Å²) in [5.74, 6) is 1.44. The molecule has 3 heteroatoms. The van der Waals surface area contributed by atoms with Gasteiger partial charge in [-0.05, 0) is 45.2 Å². The zero-order valence-corrected chi connectivity index (χ0v) is 9.04. The molecule has 2 nitrogen and oxygen atoms in total. The number of aliphatic hydroxyl groups excluding tert-OH is 1. The molecule has 1 rings (SSSR count). The zero-order valence-electron chi connectivity index (χ0n) is 6.88. The van der Waals surface area contributed by atoms with E-state index in [1.54, 1.807) is 6.07 Å². The van der Waals surface area contributed by atoms with Crippen LogP contribution in [0.25, 0.3) is 0 Å². The molecule has 0 saturated carbocycles. The molecule has 1 N–H and O–H groups in total. The van der Waals surface area contributed by atoms with Crippen molar-refractivity contribution in [1.82, 2.24) is 0 Å². The van der Waals surface area contributed by atoms with Gasteiger partial charge in [-0.15, -0.1) is 0 Å². The molecule has 1 heterocycles. The molecule has 0 aliphatic rings. The van der Waals surface area contributed by atoms with Crippen molar-refractivity contribution < 1.29 is 9.52 Å². The summed E-state index contributed by atoms with van der Waals surface area (Å²) in [6, 6.07) is 3.63. The number of aliphatic hydroxyl groups is 1. The van der Waals surface area contributed by atoms with Crippen molar-refractivity contribution >= 4 is 22.6 Å². The van der Waals surface area contributed by atoms with E-state index in [4.69, 9.17) is 4.42 Å². The van der Waals surface area contributed by atoms with Crippen molar-refractivity contribution in [1.29, 1.82) is 0 Å². The van der Waals surface area contributed by atoms with E-state index in [9.17, 15) is 5.11 Å². The van der Waals surface area contributed by atoms with Crippen molar-refractivity contribution in [2.75, 3.05) is 0 Å². The van der Waals surface area contributed by atoms with Crippen molar-refractivity contribution in [2.24, 2.45) is 0 Å². The van der Waals surface area contributed by atoms with E-state index in [2.05, 4.69) is 29.2 Å². The van der Waals surface area contributed by atoms with Gasteiger partial charge in [0, 0.05) is 6.42 Å². The van der Waals surface area contributed by atoms with Gasteiger partial charge in [0.1, 0.15) is 17.6 Å². The first-order valence-corrected chi connectivity index (χ1v) is 4.75. The van der Waals surface area contributed by atoms with Crippen LogP contribution in [0.1, 0.15) is 24.0 Å². The van der Waals surface area contributed by atoms with Crippen LogP contribution in [0, 0.1) is 6.92 Å². The van der Waals surface area contributed by atoms with Gasteiger partial charge in [-0.1, -0.05) is 6.58 Å². The Morgan fingerprint density at radius 1 is 1.75 bits per heavy atom. The molecule has 0 spiro atoms. The predicted molar refractivity (Wildman–Crippen MR) is 56.2 cm³/mol. The summed E-state index contributed by atoms with van der Waals surface area (Å²) in [6.45, 7) is 5.57. The molecular formula is C9H11IO2. The SMILES string of the molecule is C=C(I)CC(O)c1ccc(C)o1. The minimum atomic E-state index is -0.553. The molecule has 0 saturated heterocycles. The van der Waals surface area contributed by atoms with E-state index < -0.39 is 6.10 Å². The minimum absolute atomic E-state index is 0.549. The van der Waals surface area contributed by atoms with E-state index in [0.717, 1.165) is 9.34 Å². The molecule has 0 bridgehead atoms. The number of aryl methyl sites for hydroxylation is 1. The van der Waals surface area contributed by atoms with Crippen molar-refractivity contribution in [3.8, 4) is 0 Å². The van der Waals surface area contributed by atoms with Crippen LogP contribution in [-0.4, -0.2) is 5.11 Å². The second kappa shape index (κ2) is 4.09. The van der Waals surface area contributed by atoms with Crippen LogP contribution in [0.3, 0.4) is 0 Å². The quantitative estimate of drug-likeness (QED) is 0.862. The Kier molecular flexibility index (Phi) is 3.34. The third kappa shape index (κ3) is 2.64. The number of hydrogen-bond donors (Lipinski definition) is 1. The largest absolute Gasteiger partial charge is 0.464 e. The maximum Gasteiger partial charge on any atom is 0.133 e. The van der Waals surface area contributed by atoms with E-state index in [-0.39, 0.29) is 0 Å². The Morgan fingerprint density at radius 2 is 2.42 bits per heavy atom. The lowest BCUT2D eigenvalue weighted by Gasteiger charge is -2.05. The van der Waals surface area contributed by atoms with E-state index in [1.165, 1.54) is 0 Å². The Morgan fingerprint density at radius 3 is 2.83 bits per heavy atom. The Labute approximate surface area is 85.4 Å². The van der Waals surface area contributed by atoms with Gasteiger partial charge in [-0.25, -0.2) is 0 Å². The molecule has 0 aliphatic carbocycles. The van der Waals surface area contributed by atoms with Crippen molar-refractivity contribution in [3.63, 3.8) is 0 Å². The molecule has 0 aliphatic heterocycles. The molecule has 0 radical (unpaired) electrons. The Balaban J connectivity index is 2.64. The van der Waals surface area contributed by atoms with Crippen LogP contribution in [0.15, 0.2) is 26.7 Å². The zero-order chi connectivity index (χ0) is 9.14. The number of rotatable bonds is 3. The monoisotopic (exact) mass is 278 g/mol. The summed E-state index contributed by atoms with van der Waals surface area (Å²) in [7, 11) is 0. The van der Waals surface area contributed by atoms with Crippen LogP contribution >= 0.6 is 22.6 Å². The van der Waals surface area contributed by atoms with Gasteiger partial charge in [0.2, 0.25) is 0 Å². The molecule has 66 valence electrons. The molecular weight excluding hydrogens is 267 g/mol. The molecule has 1 unspecified atom stereocenters. The van der Waals surface area contributed by atoms with Crippen LogP contribution < -0.4 is 0 Å². The summed E-state index contributed by atoms with van der Waals surface area (Å²) in [6.07, 6.45) is -0.00356. The van der Waals surface area contributed by atoms with Gasteiger partial charge >= 0.3 is 0 Å². The van der Waals surface area contributed by atoms with Crippen molar-refractivity contribution in [2.45, 2.75) is 19.4 Å². The summed E-state index contributed by atoms with van der Waals surface area (Å²) in [5.41, 5.74) is 0. The van der Waals surface area contributed by atoms with Crippen LogP contribution in [-0.2, 0) is 0 Å². The lowest BCUT2D eigenvalue weighted by molar-refractivity contribution is 0.151. The summed E-state index contributed by atoms with van der Waals surface area (Å²) in [4.78, 5) is 0. The molecule has 1 aromatic heterocycles. The smallest absolute Gasteiger partial charge is 0.133 e.